The van der Waals surface area contributed by atoms with Crippen molar-refractivity contribution in [3.8, 4) is 23.0 Å². The number of carbonyl (C=O) groups is 1. The summed E-state index contributed by atoms with van der Waals surface area (Å²) in [5.74, 6) is 0.783. The molecular formula is C27H28N2O7S. The molecule has 1 atom stereocenters. The topological polar surface area (TPSA) is 109 Å². The summed E-state index contributed by atoms with van der Waals surface area (Å²) in [5, 5.41) is 10.2. The molecule has 2 aromatic carbocycles. The van der Waals surface area contributed by atoms with Crippen molar-refractivity contribution in [2.45, 2.75) is 26.8 Å². The van der Waals surface area contributed by atoms with Crippen molar-refractivity contribution < 1.29 is 28.8 Å². The zero-order chi connectivity index (χ0) is 26.7. The lowest BCUT2D eigenvalue weighted by molar-refractivity contribution is -0.139. The molecular weight excluding hydrogens is 496 g/mol. The second-order valence-electron chi connectivity index (χ2n) is 8.08. The maximum atomic E-state index is 13.7. The van der Waals surface area contributed by atoms with Gasteiger partial charge in [0.25, 0.3) is 5.56 Å². The number of thiazole rings is 1. The van der Waals surface area contributed by atoms with E-state index in [9.17, 15) is 14.7 Å². The molecule has 37 heavy (non-hydrogen) atoms. The van der Waals surface area contributed by atoms with Gasteiger partial charge in [-0.15, -0.1) is 0 Å². The van der Waals surface area contributed by atoms with E-state index in [1.807, 2.05) is 6.92 Å². The van der Waals surface area contributed by atoms with Crippen LogP contribution in [0.3, 0.4) is 0 Å². The van der Waals surface area contributed by atoms with Crippen LogP contribution in [0, 0.1) is 0 Å². The van der Waals surface area contributed by atoms with E-state index in [2.05, 4.69) is 4.99 Å². The van der Waals surface area contributed by atoms with Crippen molar-refractivity contribution in [2.75, 3.05) is 27.4 Å². The van der Waals surface area contributed by atoms with Crippen molar-refractivity contribution in [1.82, 2.24) is 4.57 Å². The summed E-state index contributed by atoms with van der Waals surface area (Å²) in [6.45, 7) is 5.91. The molecule has 0 saturated carbocycles. The fraction of sp³-hybridized carbons (Fsp3) is 0.296. The predicted molar refractivity (Wildman–Crippen MR) is 139 cm³/mol. The number of methoxy groups -OCH3 is 2. The summed E-state index contributed by atoms with van der Waals surface area (Å²) >= 11 is 1.20. The summed E-state index contributed by atoms with van der Waals surface area (Å²) in [6.07, 6.45) is 1.67. The molecule has 10 heteroatoms. The molecule has 9 nitrogen and oxygen atoms in total. The fourth-order valence-corrected chi connectivity index (χ4v) is 5.23. The average molecular weight is 525 g/mol. The number of hydrogen-bond donors (Lipinski definition) is 1. The first-order valence-corrected chi connectivity index (χ1v) is 12.5. The predicted octanol–water partition coefficient (Wildman–Crippen LogP) is 2.92. The standard InChI is InChI=1S/C27H28N2O7S/c1-6-35-21-14-17(9-11-20(21)34-5)24-23(26(32)36-7-2)15(3)28-27-29(24)25(31)22(37-27)13-16-8-10-19(33-4)18(30)12-16/h8-14,24,30H,6-7H2,1-5H3/b22-13-/t24-/m1/s1. The number of benzene rings is 2. The Morgan fingerprint density at radius 1 is 1.08 bits per heavy atom. The highest BCUT2D eigenvalue weighted by molar-refractivity contribution is 7.07. The molecule has 1 aliphatic heterocycles. The van der Waals surface area contributed by atoms with Crippen LogP contribution in [0.2, 0.25) is 0 Å². The van der Waals surface area contributed by atoms with Gasteiger partial charge in [0, 0.05) is 0 Å². The monoisotopic (exact) mass is 524 g/mol. The van der Waals surface area contributed by atoms with E-state index in [1.54, 1.807) is 57.4 Å². The fourth-order valence-electron chi connectivity index (χ4n) is 4.19. The smallest absolute Gasteiger partial charge is 0.338 e. The largest absolute Gasteiger partial charge is 0.504 e. The van der Waals surface area contributed by atoms with Crippen molar-refractivity contribution in [3.63, 3.8) is 0 Å². The quantitative estimate of drug-likeness (QED) is 0.452. The van der Waals surface area contributed by atoms with Gasteiger partial charge < -0.3 is 24.1 Å². The average Bonchev–Trinajstić information content (AvgIpc) is 3.17. The van der Waals surface area contributed by atoms with Crippen LogP contribution in [0.5, 0.6) is 23.0 Å². The summed E-state index contributed by atoms with van der Waals surface area (Å²) in [6, 6.07) is 9.40. The van der Waals surface area contributed by atoms with Gasteiger partial charge in [-0.3, -0.25) is 9.36 Å². The number of carbonyl (C=O) groups excluding carboxylic acids is 1. The molecule has 0 spiro atoms. The highest BCUT2D eigenvalue weighted by Crippen LogP contribution is 2.36. The number of allylic oxidation sites excluding steroid dienone is 1. The Morgan fingerprint density at radius 2 is 1.81 bits per heavy atom. The van der Waals surface area contributed by atoms with Crippen LogP contribution in [0.25, 0.3) is 6.08 Å². The van der Waals surface area contributed by atoms with Crippen molar-refractivity contribution in [2.24, 2.45) is 4.99 Å². The molecule has 1 N–H and O–H groups in total. The number of nitrogens with zero attached hydrogens (tertiary/aromatic N) is 2. The van der Waals surface area contributed by atoms with E-state index in [0.717, 1.165) is 0 Å². The molecule has 2 heterocycles. The van der Waals surface area contributed by atoms with E-state index in [1.165, 1.54) is 29.1 Å². The van der Waals surface area contributed by atoms with Crippen LogP contribution in [0.1, 0.15) is 37.9 Å². The summed E-state index contributed by atoms with van der Waals surface area (Å²) < 4.78 is 23.5. The molecule has 0 saturated heterocycles. The molecule has 1 aliphatic rings. The zero-order valence-corrected chi connectivity index (χ0v) is 22.0. The van der Waals surface area contributed by atoms with Gasteiger partial charge >= 0.3 is 5.97 Å². The van der Waals surface area contributed by atoms with Gasteiger partial charge in [-0.2, -0.15) is 0 Å². The highest BCUT2D eigenvalue weighted by Gasteiger charge is 2.34. The number of aromatic hydroxyl groups is 1. The maximum absolute atomic E-state index is 13.7. The number of ether oxygens (including phenoxy) is 4. The van der Waals surface area contributed by atoms with Crippen LogP contribution in [-0.2, 0) is 9.53 Å². The summed E-state index contributed by atoms with van der Waals surface area (Å²) in [4.78, 5) is 31.9. The molecule has 3 aromatic rings. The Balaban J connectivity index is 1.94. The van der Waals surface area contributed by atoms with E-state index >= 15 is 0 Å². The van der Waals surface area contributed by atoms with Crippen LogP contribution in [-0.4, -0.2) is 43.1 Å². The van der Waals surface area contributed by atoms with Crippen LogP contribution in [0.15, 0.2) is 57.5 Å². The molecule has 0 fully saturated rings. The lowest BCUT2D eigenvalue weighted by Crippen LogP contribution is -2.40. The van der Waals surface area contributed by atoms with E-state index < -0.39 is 12.0 Å². The third-order valence-electron chi connectivity index (χ3n) is 5.82. The van der Waals surface area contributed by atoms with E-state index in [-0.39, 0.29) is 23.5 Å². The highest BCUT2D eigenvalue weighted by atomic mass is 32.1. The number of fused-ring (bicyclic) bond motifs is 1. The van der Waals surface area contributed by atoms with Gasteiger partial charge in [0.15, 0.2) is 27.8 Å². The minimum absolute atomic E-state index is 0.0379. The second-order valence-corrected chi connectivity index (χ2v) is 9.09. The Bertz CT molecular complexity index is 1550. The summed E-state index contributed by atoms with van der Waals surface area (Å²) in [7, 11) is 3.01. The molecule has 0 unspecified atom stereocenters. The van der Waals surface area contributed by atoms with Crippen LogP contribution >= 0.6 is 11.3 Å². The zero-order valence-electron chi connectivity index (χ0n) is 21.2. The molecule has 0 radical (unpaired) electrons. The van der Waals surface area contributed by atoms with Crippen molar-refractivity contribution >= 4 is 23.4 Å². The van der Waals surface area contributed by atoms with Crippen molar-refractivity contribution in [3.05, 3.63) is 78.5 Å². The maximum Gasteiger partial charge on any atom is 0.338 e. The van der Waals surface area contributed by atoms with Gasteiger partial charge in [-0.1, -0.05) is 23.5 Å². The van der Waals surface area contributed by atoms with Crippen molar-refractivity contribution in [1.29, 1.82) is 0 Å². The normalized spacial score (nSPS) is 15.2. The third-order valence-corrected chi connectivity index (χ3v) is 6.80. The van der Waals surface area contributed by atoms with Gasteiger partial charge in [0.1, 0.15) is 0 Å². The molecule has 4 rings (SSSR count). The number of aromatic nitrogens is 1. The Kier molecular flexibility index (Phi) is 7.68. The number of hydrogen-bond acceptors (Lipinski definition) is 9. The number of phenols is 1. The van der Waals surface area contributed by atoms with E-state index in [4.69, 9.17) is 18.9 Å². The van der Waals surface area contributed by atoms with Crippen LogP contribution in [0.4, 0.5) is 0 Å². The van der Waals surface area contributed by atoms with Gasteiger partial charge in [0.2, 0.25) is 0 Å². The number of rotatable bonds is 8. The van der Waals surface area contributed by atoms with Gasteiger partial charge in [0.05, 0.1) is 49.3 Å². The molecule has 1 aromatic heterocycles. The van der Waals surface area contributed by atoms with Gasteiger partial charge in [-0.05, 0) is 62.2 Å². The Labute approximate surface area is 217 Å². The first-order chi connectivity index (χ1) is 17.8. The third kappa shape index (κ3) is 4.97. The molecule has 0 amide bonds. The number of esters is 1. The first kappa shape index (κ1) is 26.0. The molecule has 0 bridgehead atoms. The molecule has 0 aliphatic carbocycles. The van der Waals surface area contributed by atoms with E-state index in [0.29, 0.717) is 50.0 Å². The minimum atomic E-state index is -0.785. The molecule has 194 valence electrons. The second kappa shape index (κ2) is 10.9. The first-order valence-electron chi connectivity index (χ1n) is 11.7. The minimum Gasteiger partial charge on any atom is -0.504 e. The van der Waals surface area contributed by atoms with Crippen LogP contribution < -0.4 is 29.1 Å². The lowest BCUT2D eigenvalue weighted by atomic mass is 9.95. The summed E-state index contributed by atoms with van der Waals surface area (Å²) in [5.41, 5.74) is 1.68. The number of phenolic OH excluding ortho intramolecular Hbond substituents is 1. The lowest BCUT2D eigenvalue weighted by Gasteiger charge is -2.25. The SMILES string of the molecule is CCOC(=O)C1=C(C)N=c2s/c(=C\c3ccc(OC)c(O)c3)c(=O)n2[C@@H]1c1ccc(OC)c(OCC)c1. The van der Waals surface area contributed by atoms with Gasteiger partial charge in [-0.25, -0.2) is 9.79 Å². The Hall–Kier alpha value is -4.05. The Morgan fingerprint density at radius 3 is 2.46 bits per heavy atom.